The topological polar surface area (TPSA) is 92.3 Å². The molecule has 0 fully saturated rings. The van der Waals surface area contributed by atoms with E-state index in [1.807, 2.05) is 0 Å². The normalized spacial score (nSPS) is 13.9. The Bertz CT molecular complexity index is 363. The van der Waals surface area contributed by atoms with E-state index in [4.69, 9.17) is 44.3 Å². The van der Waals surface area contributed by atoms with E-state index in [0.29, 0.717) is 47.9 Å². The molecule has 0 rings (SSSR count). The van der Waals surface area contributed by atoms with Crippen molar-refractivity contribution in [2.45, 2.75) is 43.0 Å². The van der Waals surface area contributed by atoms with E-state index < -0.39 is 32.0 Å². The molecule has 0 unspecified atom stereocenters. The molecule has 0 saturated carbocycles. The summed E-state index contributed by atoms with van der Waals surface area (Å²) in [4.78, 5) is 0. The lowest BCUT2D eigenvalue weighted by molar-refractivity contribution is 0.0379. The third-order valence-corrected chi connectivity index (χ3v) is 14.9. The van der Waals surface area contributed by atoms with E-state index >= 15 is 0 Å². The molecule has 0 spiro atoms. The van der Waals surface area contributed by atoms with Gasteiger partial charge in [-0.2, -0.15) is 0 Å². The van der Waals surface area contributed by atoms with Gasteiger partial charge in [0.05, 0.1) is 5.60 Å². The molecule has 0 heterocycles. The average molecular weight is 507 g/mol. The first kappa shape index (κ1) is 30.5. The predicted octanol–water partition coefficient (Wildman–Crippen LogP) is 0.827. The van der Waals surface area contributed by atoms with Gasteiger partial charge in [0.1, 0.15) is 10.5 Å². The molecule has 0 aliphatic rings. The first-order valence-corrected chi connectivity index (χ1v) is 16.4. The van der Waals surface area contributed by atoms with Crippen molar-refractivity contribution in [1.29, 1.82) is 0 Å². The molecule has 0 aromatic heterocycles. The van der Waals surface area contributed by atoms with Gasteiger partial charge in [-0.1, -0.05) is 0 Å². The van der Waals surface area contributed by atoms with Crippen molar-refractivity contribution in [3.05, 3.63) is 0 Å². The molecule has 0 aromatic carbocycles. The Labute approximate surface area is 188 Å². The lowest BCUT2D eigenvalue weighted by Crippen LogP contribution is -2.49. The van der Waals surface area contributed by atoms with Crippen molar-refractivity contribution in [3.63, 3.8) is 0 Å². The number of hydrogen-bond donors (Lipinski definition) is 0. The molecule has 0 saturated heterocycles. The van der Waals surface area contributed by atoms with E-state index in [0.717, 1.165) is 0 Å². The quantitative estimate of drug-likeness (QED) is 0.235. The second kappa shape index (κ2) is 14.6. The molecule has 0 aliphatic heterocycles. The number of hydrogen-bond acceptors (Lipinski definition) is 10. The van der Waals surface area contributed by atoms with Crippen LogP contribution in [-0.2, 0) is 44.3 Å². The first-order chi connectivity index (χ1) is 14.2. The second-order valence-corrected chi connectivity index (χ2v) is 16.5. The van der Waals surface area contributed by atoms with Crippen LogP contribution in [0, 0.1) is 0 Å². The van der Waals surface area contributed by atoms with E-state index in [9.17, 15) is 0 Å². The zero-order valence-electron chi connectivity index (χ0n) is 20.3. The molecule has 0 amide bonds. The average Bonchev–Trinajstić information content (AvgIpc) is 2.82. The number of rotatable bonds is 19. The smallest absolute Gasteiger partial charge is 0.422 e. The fraction of sp³-hybridized carbons (Fsp3) is 1.00. The van der Waals surface area contributed by atoms with Gasteiger partial charge >= 0.3 is 26.4 Å². The van der Waals surface area contributed by atoms with Gasteiger partial charge in [-0.05, 0) is 19.3 Å². The van der Waals surface area contributed by atoms with Crippen LogP contribution in [-0.4, -0.2) is 106 Å². The van der Waals surface area contributed by atoms with Crippen LogP contribution in [0.25, 0.3) is 0 Å². The van der Waals surface area contributed by atoms with Crippen molar-refractivity contribution in [1.82, 2.24) is 0 Å². The molecule has 0 aliphatic carbocycles. The van der Waals surface area contributed by atoms with Crippen LogP contribution < -0.4 is 0 Å². The summed E-state index contributed by atoms with van der Waals surface area (Å²) in [6.07, 6.45) is 2.00. The standard InChI is InChI=1S/C16H42O10Si4/c1-17-28(18-2,19-3)13-10-16(26-27,11-14-29(20-4,21-5)22-6)12-15-30(23-7,24-8)25-9/h10-15H2,1-9,27H3. The van der Waals surface area contributed by atoms with Crippen LogP contribution in [0.4, 0.5) is 0 Å². The lowest BCUT2D eigenvalue weighted by atomic mass is 9.94. The van der Waals surface area contributed by atoms with E-state index in [-0.39, 0.29) is 0 Å². The van der Waals surface area contributed by atoms with Crippen LogP contribution in [0.15, 0.2) is 0 Å². The Kier molecular flexibility index (Phi) is 14.8. The van der Waals surface area contributed by atoms with Crippen molar-refractivity contribution in [2.75, 3.05) is 64.0 Å². The van der Waals surface area contributed by atoms with E-state index in [1.165, 1.54) is 0 Å². The van der Waals surface area contributed by atoms with Gasteiger partial charge in [-0.15, -0.1) is 0 Å². The van der Waals surface area contributed by atoms with Crippen LogP contribution in [0.5, 0.6) is 0 Å². The third kappa shape index (κ3) is 8.11. The van der Waals surface area contributed by atoms with Gasteiger partial charge in [0, 0.05) is 82.1 Å². The Morgan fingerprint density at radius 2 is 0.667 bits per heavy atom. The first-order valence-electron chi connectivity index (χ1n) is 9.75. The fourth-order valence-electron chi connectivity index (χ4n) is 3.49. The van der Waals surface area contributed by atoms with Crippen molar-refractivity contribution in [3.8, 4) is 0 Å². The summed E-state index contributed by atoms with van der Waals surface area (Å²) >= 11 is 0. The molecular weight excluding hydrogens is 465 g/mol. The van der Waals surface area contributed by atoms with E-state index in [1.54, 1.807) is 64.0 Å². The maximum absolute atomic E-state index is 6.23. The van der Waals surface area contributed by atoms with E-state index in [2.05, 4.69) is 0 Å². The Morgan fingerprint density at radius 3 is 0.800 bits per heavy atom. The molecule has 0 radical (unpaired) electrons. The Balaban J connectivity index is 5.72. The molecule has 10 nitrogen and oxygen atoms in total. The summed E-state index contributed by atoms with van der Waals surface area (Å²) in [7, 11) is 6.72. The summed E-state index contributed by atoms with van der Waals surface area (Å²) in [6, 6.07) is 1.80. The maximum atomic E-state index is 6.23. The molecule has 14 heteroatoms. The van der Waals surface area contributed by atoms with Crippen molar-refractivity contribution < 1.29 is 44.3 Å². The maximum Gasteiger partial charge on any atom is 0.500 e. The zero-order chi connectivity index (χ0) is 23.3. The molecule has 0 atom stereocenters. The van der Waals surface area contributed by atoms with Gasteiger partial charge < -0.3 is 44.3 Å². The minimum Gasteiger partial charge on any atom is -0.422 e. The van der Waals surface area contributed by atoms with Crippen molar-refractivity contribution >= 4 is 36.9 Å². The zero-order valence-corrected chi connectivity index (χ0v) is 25.3. The molecule has 182 valence electrons. The minimum atomic E-state index is -2.77. The highest BCUT2D eigenvalue weighted by Gasteiger charge is 2.47. The van der Waals surface area contributed by atoms with Gasteiger partial charge in [-0.3, -0.25) is 0 Å². The summed E-state index contributed by atoms with van der Waals surface area (Å²) in [6.45, 7) is 0. The van der Waals surface area contributed by atoms with Gasteiger partial charge in [0.25, 0.3) is 0 Å². The molecule has 0 aromatic rings. The third-order valence-electron chi connectivity index (χ3n) is 5.89. The lowest BCUT2D eigenvalue weighted by Gasteiger charge is -2.39. The largest absolute Gasteiger partial charge is 0.500 e. The second-order valence-electron chi connectivity index (χ2n) is 6.77. The molecule has 30 heavy (non-hydrogen) atoms. The van der Waals surface area contributed by atoms with Crippen molar-refractivity contribution in [2.24, 2.45) is 0 Å². The summed E-state index contributed by atoms with van der Waals surface area (Å²) in [5, 5.41) is 0. The van der Waals surface area contributed by atoms with Crippen LogP contribution in [0.1, 0.15) is 19.3 Å². The van der Waals surface area contributed by atoms with Crippen LogP contribution >= 0.6 is 0 Å². The molecule has 0 bridgehead atoms. The SMILES string of the molecule is CO[Si](CCC(CC[Si](OC)(OC)OC)(CC[Si](OC)(OC)OC)O[SiH3])(OC)OC. The fourth-order valence-corrected chi connectivity index (χ4v) is 9.73. The Hall–Kier alpha value is 0.468. The summed E-state index contributed by atoms with van der Waals surface area (Å²) < 4.78 is 56.8. The summed E-state index contributed by atoms with van der Waals surface area (Å²) in [5.74, 6) is 0. The minimum absolute atomic E-state index is 0.498. The highest BCUT2D eigenvalue weighted by molar-refractivity contribution is 6.61. The Morgan fingerprint density at radius 1 is 0.467 bits per heavy atom. The predicted molar refractivity (Wildman–Crippen MR) is 122 cm³/mol. The molecule has 0 N–H and O–H groups in total. The van der Waals surface area contributed by atoms with Crippen LogP contribution in [0.3, 0.4) is 0 Å². The highest BCUT2D eigenvalue weighted by Crippen LogP contribution is 2.36. The monoisotopic (exact) mass is 506 g/mol. The molecular formula is C16H42O10Si4. The summed E-state index contributed by atoms with van der Waals surface area (Å²) in [5.41, 5.74) is -0.498. The van der Waals surface area contributed by atoms with Gasteiger partial charge in [0.2, 0.25) is 0 Å². The van der Waals surface area contributed by atoms with Crippen LogP contribution in [0.2, 0.25) is 18.1 Å². The van der Waals surface area contributed by atoms with Gasteiger partial charge in [0.15, 0.2) is 0 Å². The highest BCUT2D eigenvalue weighted by atomic mass is 28.4. The van der Waals surface area contributed by atoms with Gasteiger partial charge in [-0.25, -0.2) is 0 Å².